The maximum Gasteiger partial charge on any atom is 0.347 e. The third-order valence-electron chi connectivity index (χ3n) is 3.91. The highest BCUT2D eigenvalue weighted by Gasteiger charge is 2.24. The average Bonchev–Trinajstić information content (AvgIpc) is 2.62. The Bertz CT molecular complexity index is 1000. The van der Waals surface area contributed by atoms with Gasteiger partial charge in [-0.15, -0.1) is 0 Å². The average molecular weight is 440 g/mol. The van der Waals surface area contributed by atoms with E-state index in [1.165, 1.54) is 38.1 Å². The topological polar surface area (TPSA) is 98.8 Å². The molecule has 0 spiro atoms. The number of anilines is 1. The lowest BCUT2D eigenvalue weighted by molar-refractivity contribution is -0.153. The van der Waals surface area contributed by atoms with Crippen molar-refractivity contribution in [3.8, 4) is 5.75 Å². The predicted molar refractivity (Wildman–Crippen MR) is 111 cm³/mol. The van der Waals surface area contributed by atoms with Crippen LogP contribution >= 0.6 is 11.6 Å². The van der Waals surface area contributed by atoms with Crippen molar-refractivity contribution in [2.75, 3.05) is 11.0 Å². The van der Waals surface area contributed by atoms with E-state index < -0.39 is 34.0 Å². The maximum atomic E-state index is 12.5. The minimum Gasteiger partial charge on any atom is -0.479 e. The predicted octanol–water partition coefficient (Wildman–Crippen LogP) is 3.60. The van der Waals surface area contributed by atoms with Crippen molar-refractivity contribution in [3.05, 3.63) is 58.6 Å². The number of hydrogen-bond donors (Lipinski definition) is 1. The van der Waals surface area contributed by atoms with Crippen molar-refractivity contribution < 1.29 is 27.5 Å². The third-order valence-corrected chi connectivity index (χ3v) is 4.75. The number of ketones is 1. The number of halogens is 1. The van der Waals surface area contributed by atoms with Crippen molar-refractivity contribution in [1.29, 1.82) is 0 Å². The number of nitrogens with one attached hydrogen (secondary N) is 1. The van der Waals surface area contributed by atoms with Crippen LogP contribution in [0.15, 0.2) is 42.5 Å². The van der Waals surface area contributed by atoms with Gasteiger partial charge in [-0.05, 0) is 68.8 Å². The number of aryl methyl sites for hydroxylation is 1. The van der Waals surface area contributed by atoms with Gasteiger partial charge in [-0.3, -0.25) is 9.52 Å². The van der Waals surface area contributed by atoms with Crippen LogP contribution in [-0.2, 0) is 19.6 Å². The van der Waals surface area contributed by atoms with Gasteiger partial charge in [-0.25, -0.2) is 13.2 Å². The first-order chi connectivity index (χ1) is 13.5. The van der Waals surface area contributed by atoms with E-state index in [2.05, 4.69) is 4.72 Å². The van der Waals surface area contributed by atoms with Gasteiger partial charge >= 0.3 is 5.97 Å². The number of carbonyl (C=O) groups excluding carboxylic acids is 2. The van der Waals surface area contributed by atoms with Gasteiger partial charge in [0.2, 0.25) is 15.8 Å². The minimum absolute atomic E-state index is 0.284. The molecule has 9 heteroatoms. The molecular formula is C20H22ClNO6S. The molecule has 2 aromatic carbocycles. The molecule has 0 aromatic heterocycles. The number of rotatable bonds is 8. The normalized spacial score (nSPS) is 13.3. The standard InChI is InChI=1S/C20H22ClNO6S/c1-12-11-16(21)7-10-18(12)27-14(3)20(24)28-13(2)19(23)15-5-8-17(9-6-15)22-29(4,25)26/h5-11,13-14,22H,1-4H3. The number of benzene rings is 2. The second-order valence-corrected chi connectivity index (χ2v) is 8.75. The molecule has 0 saturated heterocycles. The van der Waals surface area contributed by atoms with Crippen LogP contribution < -0.4 is 9.46 Å². The first-order valence-electron chi connectivity index (χ1n) is 8.71. The second-order valence-electron chi connectivity index (χ2n) is 6.56. The smallest absolute Gasteiger partial charge is 0.347 e. The quantitative estimate of drug-likeness (QED) is 0.498. The van der Waals surface area contributed by atoms with Crippen molar-refractivity contribution in [1.82, 2.24) is 0 Å². The molecule has 0 aliphatic heterocycles. The molecule has 0 radical (unpaired) electrons. The summed E-state index contributed by atoms with van der Waals surface area (Å²) in [4.78, 5) is 24.8. The highest BCUT2D eigenvalue weighted by atomic mass is 35.5. The molecule has 0 aliphatic carbocycles. The van der Waals surface area contributed by atoms with E-state index in [1.807, 2.05) is 0 Å². The fourth-order valence-corrected chi connectivity index (χ4v) is 3.25. The molecule has 2 atom stereocenters. The number of sulfonamides is 1. The van der Waals surface area contributed by atoms with Crippen LogP contribution in [0.1, 0.15) is 29.8 Å². The third kappa shape index (κ3) is 6.76. The van der Waals surface area contributed by atoms with E-state index >= 15 is 0 Å². The number of carbonyl (C=O) groups is 2. The first-order valence-corrected chi connectivity index (χ1v) is 11.0. The Kier molecular flexibility index (Phi) is 7.26. The van der Waals surface area contributed by atoms with Crippen LogP contribution in [0.25, 0.3) is 0 Å². The summed E-state index contributed by atoms with van der Waals surface area (Å²) in [6, 6.07) is 10.8. The molecule has 2 unspecified atom stereocenters. The van der Waals surface area contributed by atoms with E-state index in [4.69, 9.17) is 21.1 Å². The Morgan fingerprint density at radius 3 is 2.21 bits per heavy atom. The van der Waals surface area contributed by atoms with Crippen LogP contribution in [-0.4, -0.2) is 38.6 Å². The highest BCUT2D eigenvalue weighted by molar-refractivity contribution is 7.92. The number of esters is 1. The SMILES string of the molecule is Cc1cc(Cl)ccc1OC(C)C(=O)OC(C)C(=O)c1ccc(NS(C)(=O)=O)cc1. The summed E-state index contributed by atoms with van der Waals surface area (Å²) in [5.41, 5.74) is 1.38. The molecule has 2 rings (SSSR count). The molecule has 0 bridgehead atoms. The lowest BCUT2D eigenvalue weighted by Crippen LogP contribution is -2.32. The molecule has 2 aromatic rings. The van der Waals surface area contributed by atoms with Crippen molar-refractivity contribution in [3.63, 3.8) is 0 Å². The number of ether oxygens (including phenoxy) is 2. The van der Waals surface area contributed by atoms with Gasteiger partial charge in [0.25, 0.3) is 0 Å². The summed E-state index contributed by atoms with van der Waals surface area (Å²) in [5.74, 6) is -0.610. The first kappa shape index (κ1) is 22.7. The Morgan fingerprint density at radius 2 is 1.66 bits per heavy atom. The zero-order chi connectivity index (χ0) is 21.8. The number of Topliss-reactive ketones (excluding diaryl/α,β-unsaturated/α-hetero) is 1. The van der Waals surface area contributed by atoms with Gasteiger partial charge < -0.3 is 9.47 Å². The van der Waals surface area contributed by atoms with Crippen LogP contribution in [0.2, 0.25) is 5.02 Å². The van der Waals surface area contributed by atoms with E-state index in [9.17, 15) is 18.0 Å². The second kappa shape index (κ2) is 9.28. The van der Waals surface area contributed by atoms with Crippen molar-refractivity contribution in [2.45, 2.75) is 33.0 Å². The Morgan fingerprint density at radius 1 is 1.03 bits per heavy atom. The fourth-order valence-electron chi connectivity index (χ4n) is 2.46. The summed E-state index contributed by atoms with van der Waals surface area (Å²) in [5, 5.41) is 0.557. The summed E-state index contributed by atoms with van der Waals surface area (Å²) < 4.78 is 35.6. The molecule has 29 heavy (non-hydrogen) atoms. The Balaban J connectivity index is 1.98. The van der Waals surface area contributed by atoms with Crippen LogP contribution in [0, 0.1) is 6.92 Å². The van der Waals surface area contributed by atoms with E-state index in [0.29, 0.717) is 16.5 Å². The molecule has 156 valence electrons. The molecule has 0 aliphatic rings. The molecule has 0 saturated carbocycles. The molecule has 7 nitrogen and oxygen atoms in total. The molecule has 0 fully saturated rings. The number of hydrogen-bond acceptors (Lipinski definition) is 6. The summed E-state index contributed by atoms with van der Waals surface area (Å²) in [7, 11) is -3.41. The summed E-state index contributed by atoms with van der Waals surface area (Å²) >= 11 is 5.90. The van der Waals surface area contributed by atoms with Gasteiger partial charge in [0, 0.05) is 16.3 Å². The lowest BCUT2D eigenvalue weighted by atomic mass is 10.1. The van der Waals surface area contributed by atoms with E-state index in [0.717, 1.165) is 11.8 Å². The van der Waals surface area contributed by atoms with Crippen LogP contribution in [0.4, 0.5) is 5.69 Å². The van der Waals surface area contributed by atoms with Gasteiger partial charge in [-0.1, -0.05) is 11.6 Å². The highest BCUT2D eigenvalue weighted by Crippen LogP contribution is 2.23. The zero-order valence-electron chi connectivity index (χ0n) is 16.4. The molecule has 1 N–H and O–H groups in total. The Labute approximate surface area is 175 Å². The monoisotopic (exact) mass is 439 g/mol. The van der Waals surface area contributed by atoms with Crippen molar-refractivity contribution in [2.24, 2.45) is 0 Å². The lowest BCUT2D eigenvalue weighted by Gasteiger charge is -2.18. The molecule has 0 amide bonds. The minimum atomic E-state index is -3.41. The zero-order valence-corrected chi connectivity index (χ0v) is 18.0. The Hall–Kier alpha value is -2.58. The van der Waals surface area contributed by atoms with Gasteiger partial charge in [0.15, 0.2) is 12.2 Å². The summed E-state index contributed by atoms with van der Waals surface area (Å²) in [6.45, 7) is 4.79. The fraction of sp³-hybridized carbons (Fsp3) is 0.300. The molecular weight excluding hydrogens is 418 g/mol. The summed E-state index contributed by atoms with van der Waals surface area (Å²) in [6.07, 6.45) is -0.928. The van der Waals surface area contributed by atoms with Gasteiger partial charge in [0.1, 0.15) is 5.75 Å². The van der Waals surface area contributed by atoms with E-state index in [-0.39, 0.29) is 5.56 Å². The molecule has 0 heterocycles. The van der Waals surface area contributed by atoms with Gasteiger partial charge in [-0.2, -0.15) is 0 Å². The van der Waals surface area contributed by atoms with Crippen LogP contribution in [0.3, 0.4) is 0 Å². The van der Waals surface area contributed by atoms with Gasteiger partial charge in [0.05, 0.1) is 6.26 Å². The maximum absolute atomic E-state index is 12.5. The van der Waals surface area contributed by atoms with E-state index in [1.54, 1.807) is 25.1 Å². The van der Waals surface area contributed by atoms with Crippen LogP contribution in [0.5, 0.6) is 5.75 Å². The van der Waals surface area contributed by atoms with Crippen molar-refractivity contribution >= 4 is 39.1 Å². The largest absolute Gasteiger partial charge is 0.479 e.